The van der Waals surface area contributed by atoms with Crippen molar-refractivity contribution < 1.29 is 9.26 Å². The maximum absolute atomic E-state index is 5.45. The SMILES string of the molecule is COCC1(c2ccc(-c3noc(CN)n3)cc2)CC1. The summed E-state index contributed by atoms with van der Waals surface area (Å²) >= 11 is 0. The third-order valence-corrected chi connectivity index (χ3v) is 3.67. The van der Waals surface area contributed by atoms with E-state index in [1.165, 1.54) is 18.4 Å². The first kappa shape index (κ1) is 12.3. The van der Waals surface area contributed by atoms with Gasteiger partial charge in [-0.2, -0.15) is 4.98 Å². The molecule has 0 bridgehead atoms. The number of ether oxygens (including phenoxy) is 1. The average Bonchev–Trinajstić information content (AvgIpc) is 3.07. The van der Waals surface area contributed by atoms with Gasteiger partial charge in [-0.05, 0) is 18.4 Å². The summed E-state index contributed by atoms with van der Waals surface area (Å²) in [4.78, 5) is 4.22. The fourth-order valence-electron chi connectivity index (χ4n) is 2.37. The monoisotopic (exact) mass is 259 g/mol. The number of rotatable bonds is 5. The molecule has 2 aromatic rings. The molecular weight excluding hydrogens is 242 g/mol. The Morgan fingerprint density at radius 1 is 1.32 bits per heavy atom. The highest BCUT2D eigenvalue weighted by Gasteiger charge is 2.44. The van der Waals surface area contributed by atoms with Crippen LogP contribution in [0.3, 0.4) is 0 Å². The third kappa shape index (κ3) is 2.27. The molecule has 1 saturated carbocycles. The summed E-state index contributed by atoms with van der Waals surface area (Å²) in [5.41, 5.74) is 7.95. The van der Waals surface area contributed by atoms with Crippen molar-refractivity contribution in [3.8, 4) is 11.4 Å². The van der Waals surface area contributed by atoms with Crippen LogP contribution in [0.5, 0.6) is 0 Å². The van der Waals surface area contributed by atoms with Gasteiger partial charge in [-0.15, -0.1) is 0 Å². The van der Waals surface area contributed by atoms with E-state index in [-0.39, 0.29) is 12.0 Å². The molecule has 1 aromatic heterocycles. The Morgan fingerprint density at radius 3 is 2.58 bits per heavy atom. The van der Waals surface area contributed by atoms with Gasteiger partial charge in [0.25, 0.3) is 0 Å². The van der Waals surface area contributed by atoms with Gasteiger partial charge in [0.2, 0.25) is 11.7 Å². The van der Waals surface area contributed by atoms with Crippen LogP contribution in [0.1, 0.15) is 24.3 Å². The maximum atomic E-state index is 5.45. The number of methoxy groups -OCH3 is 1. The average molecular weight is 259 g/mol. The summed E-state index contributed by atoms with van der Waals surface area (Å²) in [6.07, 6.45) is 2.39. The molecule has 0 aliphatic heterocycles. The molecule has 100 valence electrons. The topological polar surface area (TPSA) is 74.2 Å². The normalized spacial score (nSPS) is 16.5. The van der Waals surface area contributed by atoms with E-state index in [1.54, 1.807) is 7.11 Å². The molecular formula is C14H17N3O2. The van der Waals surface area contributed by atoms with Crippen LogP contribution in [0.15, 0.2) is 28.8 Å². The van der Waals surface area contributed by atoms with Crippen LogP contribution in [-0.4, -0.2) is 23.9 Å². The lowest BCUT2D eigenvalue weighted by molar-refractivity contribution is 0.171. The Bertz CT molecular complexity index is 558. The van der Waals surface area contributed by atoms with Crippen molar-refractivity contribution in [1.29, 1.82) is 0 Å². The van der Waals surface area contributed by atoms with Gasteiger partial charge in [-0.3, -0.25) is 0 Å². The number of hydrogen-bond acceptors (Lipinski definition) is 5. The van der Waals surface area contributed by atoms with E-state index in [0.29, 0.717) is 11.7 Å². The fraction of sp³-hybridized carbons (Fsp3) is 0.429. The van der Waals surface area contributed by atoms with Crippen LogP contribution in [0.4, 0.5) is 0 Å². The van der Waals surface area contributed by atoms with Crippen molar-refractivity contribution in [1.82, 2.24) is 10.1 Å². The van der Waals surface area contributed by atoms with E-state index < -0.39 is 0 Å². The van der Waals surface area contributed by atoms with E-state index in [4.69, 9.17) is 15.0 Å². The smallest absolute Gasteiger partial charge is 0.240 e. The second kappa shape index (κ2) is 4.75. The van der Waals surface area contributed by atoms with Crippen LogP contribution in [0.2, 0.25) is 0 Å². The van der Waals surface area contributed by atoms with E-state index in [9.17, 15) is 0 Å². The number of nitrogens with zero attached hydrogens (tertiary/aromatic N) is 2. The van der Waals surface area contributed by atoms with Gasteiger partial charge in [-0.25, -0.2) is 0 Å². The minimum absolute atomic E-state index is 0.229. The molecule has 0 atom stereocenters. The van der Waals surface area contributed by atoms with Crippen molar-refractivity contribution in [3.05, 3.63) is 35.7 Å². The first-order valence-electron chi connectivity index (χ1n) is 6.40. The van der Waals surface area contributed by atoms with Gasteiger partial charge in [0.05, 0.1) is 13.2 Å². The highest BCUT2D eigenvalue weighted by molar-refractivity contribution is 5.55. The summed E-state index contributed by atoms with van der Waals surface area (Å²) < 4.78 is 10.3. The Labute approximate surface area is 111 Å². The molecule has 1 heterocycles. The molecule has 0 radical (unpaired) electrons. The second-order valence-corrected chi connectivity index (χ2v) is 5.01. The largest absolute Gasteiger partial charge is 0.384 e. The molecule has 2 N–H and O–H groups in total. The predicted molar refractivity (Wildman–Crippen MR) is 70.4 cm³/mol. The molecule has 1 fully saturated rings. The molecule has 5 heteroatoms. The van der Waals surface area contributed by atoms with Gasteiger partial charge in [0, 0.05) is 18.1 Å². The predicted octanol–water partition coefficient (Wildman–Crippen LogP) is 1.87. The van der Waals surface area contributed by atoms with Crippen LogP contribution in [-0.2, 0) is 16.7 Å². The summed E-state index contributed by atoms with van der Waals surface area (Å²) in [5.74, 6) is 1.04. The molecule has 0 spiro atoms. The van der Waals surface area contributed by atoms with Crippen LogP contribution < -0.4 is 5.73 Å². The zero-order valence-corrected chi connectivity index (χ0v) is 10.9. The summed E-state index contributed by atoms with van der Waals surface area (Å²) in [5, 5.41) is 3.91. The maximum Gasteiger partial charge on any atom is 0.240 e. The molecule has 0 amide bonds. The first-order chi connectivity index (χ1) is 9.27. The van der Waals surface area contributed by atoms with E-state index >= 15 is 0 Å². The second-order valence-electron chi connectivity index (χ2n) is 5.01. The van der Waals surface area contributed by atoms with Gasteiger partial charge in [-0.1, -0.05) is 29.4 Å². The van der Waals surface area contributed by atoms with Gasteiger partial charge < -0.3 is 15.0 Å². The van der Waals surface area contributed by atoms with Crippen LogP contribution in [0, 0.1) is 0 Å². The highest BCUT2D eigenvalue weighted by atomic mass is 16.5. The van der Waals surface area contributed by atoms with Crippen molar-refractivity contribution in [2.45, 2.75) is 24.8 Å². The van der Waals surface area contributed by atoms with E-state index in [1.807, 2.05) is 12.1 Å². The molecule has 0 saturated heterocycles. The van der Waals surface area contributed by atoms with E-state index in [2.05, 4.69) is 22.3 Å². The fourth-order valence-corrected chi connectivity index (χ4v) is 2.37. The van der Waals surface area contributed by atoms with E-state index in [0.717, 1.165) is 12.2 Å². The first-order valence-corrected chi connectivity index (χ1v) is 6.40. The lowest BCUT2D eigenvalue weighted by Gasteiger charge is -2.14. The van der Waals surface area contributed by atoms with Crippen molar-refractivity contribution in [2.75, 3.05) is 13.7 Å². The molecule has 0 unspecified atom stereocenters. The number of hydrogen-bond donors (Lipinski definition) is 1. The minimum Gasteiger partial charge on any atom is -0.384 e. The quantitative estimate of drug-likeness (QED) is 0.887. The Balaban J connectivity index is 1.83. The number of nitrogens with two attached hydrogens (primary N) is 1. The zero-order valence-electron chi connectivity index (χ0n) is 10.9. The van der Waals surface area contributed by atoms with Crippen molar-refractivity contribution in [3.63, 3.8) is 0 Å². The number of benzene rings is 1. The van der Waals surface area contributed by atoms with Gasteiger partial charge in [0.1, 0.15) is 0 Å². The van der Waals surface area contributed by atoms with Gasteiger partial charge in [0.15, 0.2) is 0 Å². The lowest BCUT2D eigenvalue weighted by atomic mass is 9.96. The Kier molecular flexibility index (Phi) is 3.08. The summed E-state index contributed by atoms with van der Waals surface area (Å²) in [7, 11) is 1.75. The molecule has 5 nitrogen and oxygen atoms in total. The minimum atomic E-state index is 0.229. The van der Waals surface area contributed by atoms with Gasteiger partial charge >= 0.3 is 0 Å². The summed E-state index contributed by atoms with van der Waals surface area (Å²) in [6.45, 7) is 1.05. The highest BCUT2D eigenvalue weighted by Crippen LogP contribution is 2.48. The molecule has 1 aliphatic rings. The molecule has 3 rings (SSSR count). The molecule has 1 aliphatic carbocycles. The van der Waals surface area contributed by atoms with Crippen molar-refractivity contribution >= 4 is 0 Å². The van der Waals surface area contributed by atoms with Crippen LogP contribution in [0.25, 0.3) is 11.4 Å². The number of aromatic nitrogens is 2. The van der Waals surface area contributed by atoms with Crippen LogP contribution >= 0.6 is 0 Å². The lowest BCUT2D eigenvalue weighted by Crippen LogP contribution is -2.13. The molecule has 1 aromatic carbocycles. The Hall–Kier alpha value is -1.72. The Morgan fingerprint density at radius 2 is 2.05 bits per heavy atom. The third-order valence-electron chi connectivity index (χ3n) is 3.67. The zero-order chi connectivity index (χ0) is 13.3. The summed E-state index contributed by atoms with van der Waals surface area (Å²) in [6, 6.07) is 8.30. The van der Waals surface area contributed by atoms with Crippen molar-refractivity contribution in [2.24, 2.45) is 5.73 Å². The standard InChI is InChI=1S/C14H17N3O2/c1-18-9-14(6-7-14)11-4-2-10(3-5-11)13-16-12(8-15)19-17-13/h2-5H,6-9,15H2,1H3. The molecule has 19 heavy (non-hydrogen) atoms.